The fraction of sp³-hybridized carbons (Fsp3) is 0.444. The molecule has 0 spiro atoms. The molecule has 8 heteroatoms. The highest BCUT2D eigenvalue weighted by atomic mass is 16.5. The Bertz CT molecular complexity index is 1070. The lowest BCUT2D eigenvalue weighted by Gasteiger charge is -2.35. The summed E-state index contributed by atoms with van der Waals surface area (Å²) >= 11 is 0. The van der Waals surface area contributed by atoms with Crippen LogP contribution in [0.25, 0.3) is 0 Å². The Balaban J connectivity index is 1.48. The minimum Gasteiger partial charge on any atom is -0.395 e. The third kappa shape index (κ3) is 5.88. The van der Waals surface area contributed by atoms with Gasteiger partial charge in [0, 0.05) is 50.3 Å². The monoisotopic (exact) mass is 474 g/mol. The Hall–Kier alpha value is -3.25. The number of β-amino-alcohol motifs (C(OH)–C–C–N with tert-alkyl or cyclic N) is 1. The van der Waals surface area contributed by atoms with Crippen LogP contribution in [0.15, 0.2) is 60.8 Å². The van der Waals surface area contributed by atoms with Gasteiger partial charge in [0.25, 0.3) is 0 Å². The summed E-state index contributed by atoms with van der Waals surface area (Å²) in [6, 6.07) is 12.4. The molecule has 2 unspecified atom stereocenters. The van der Waals surface area contributed by atoms with Crippen LogP contribution in [0, 0.1) is 23.2 Å². The van der Waals surface area contributed by atoms with Gasteiger partial charge in [-0.2, -0.15) is 5.26 Å². The maximum Gasteiger partial charge on any atom is 0.227 e. The number of anilines is 3. The predicted octanol–water partition coefficient (Wildman–Crippen LogP) is 3.47. The van der Waals surface area contributed by atoms with Crippen molar-refractivity contribution in [3.8, 4) is 6.07 Å². The summed E-state index contributed by atoms with van der Waals surface area (Å²) in [5.41, 5.74) is 1.76. The van der Waals surface area contributed by atoms with E-state index in [0.717, 1.165) is 38.4 Å². The molecule has 35 heavy (non-hydrogen) atoms. The first-order valence-corrected chi connectivity index (χ1v) is 12.2. The molecule has 1 fully saturated rings. The van der Waals surface area contributed by atoms with Gasteiger partial charge in [0.05, 0.1) is 25.0 Å². The smallest absolute Gasteiger partial charge is 0.227 e. The van der Waals surface area contributed by atoms with Crippen molar-refractivity contribution in [3.05, 3.63) is 66.5 Å². The third-order valence-corrected chi connectivity index (χ3v) is 6.35. The number of nitriles is 1. The van der Waals surface area contributed by atoms with Crippen molar-refractivity contribution >= 4 is 17.3 Å². The van der Waals surface area contributed by atoms with Crippen LogP contribution in [0.1, 0.15) is 19.5 Å². The highest BCUT2D eigenvalue weighted by molar-refractivity contribution is 5.59. The normalized spacial score (nSPS) is 22.4. The Morgan fingerprint density at radius 3 is 2.63 bits per heavy atom. The standard InChI is InChI=1S/C27H34N6O2/c1-21(2)20-35-27(11-4-3-5-22(27)19-28)25-10-12-29-26(31-25)30-23-6-8-24(9-7-23)33-15-13-32(14-16-33)17-18-34/h3-12,21-22,34H,13-18,20H2,1-2H3,(H,29,30,31). The van der Waals surface area contributed by atoms with Crippen LogP contribution in [0.3, 0.4) is 0 Å². The fourth-order valence-electron chi connectivity index (χ4n) is 4.41. The Labute approximate surface area is 207 Å². The minimum absolute atomic E-state index is 0.207. The summed E-state index contributed by atoms with van der Waals surface area (Å²) < 4.78 is 6.33. The van der Waals surface area contributed by atoms with E-state index in [2.05, 4.69) is 52.2 Å². The molecule has 0 saturated carbocycles. The van der Waals surface area contributed by atoms with E-state index < -0.39 is 11.5 Å². The lowest BCUT2D eigenvalue weighted by atomic mass is 9.81. The van der Waals surface area contributed by atoms with Gasteiger partial charge in [-0.3, -0.25) is 4.90 Å². The molecule has 1 aromatic carbocycles. The van der Waals surface area contributed by atoms with Crippen molar-refractivity contribution in [2.75, 3.05) is 56.2 Å². The van der Waals surface area contributed by atoms with Crippen LogP contribution in [0.4, 0.5) is 17.3 Å². The summed E-state index contributed by atoms with van der Waals surface area (Å²) in [5, 5.41) is 22.3. The van der Waals surface area contributed by atoms with Crippen LogP contribution >= 0.6 is 0 Å². The molecule has 0 bridgehead atoms. The number of ether oxygens (including phenoxy) is 1. The average Bonchev–Trinajstić information content (AvgIpc) is 2.89. The number of allylic oxidation sites excluding steroid dienone is 2. The molecule has 184 valence electrons. The number of nitrogens with zero attached hydrogens (tertiary/aromatic N) is 5. The Morgan fingerprint density at radius 1 is 1.17 bits per heavy atom. The second kappa shape index (κ2) is 11.5. The van der Waals surface area contributed by atoms with Crippen molar-refractivity contribution in [2.24, 2.45) is 11.8 Å². The van der Waals surface area contributed by atoms with Gasteiger partial charge in [-0.1, -0.05) is 32.1 Å². The van der Waals surface area contributed by atoms with Crippen LogP contribution in [0.5, 0.6) is 0 Å². The molecule has 2 N–H and O–H groups in total. The van der Waals surface area contributed by atoms with Crippen LogP contribution < -0.4 is 10.2 Å². The SMILES string of the molecule is CC(C)COC1(c2ccnc(Nc3ccc(N4CCN(CCO)CC4)cc3)n2)C=CC=CC1C#N. The van der Waals surface area contributed by atoms with Gasteiger partial charge in [0.1, 0.15) is 11.5 Å². The summed E-state index contributed by atoms with van der Waals surface area (Å²) in [6.07, 6.45) is 9.26. The molecule has 0 amide bonds. The maximum atomic E-state index is 9.84. The van der Waals surface area contributed by atoms with Crippen molar-refractivity contribution in [2.45, 2.75) is 19.4 Å². The summed E-state index contributed by atoms with van der Waals surface area (Å²) in [7, 11) is 0. The molecule has 8 nitrogen and oxygen atoms in total. The number of benzene rings is 1. The molecule has 2 heterocycles. The van der Waals surface area contributed by atoms with E-state index in [1.807, 2.05) is 42.5 Å². The third-order valence-electron chi connectivity index (χ3n) is 6.35. The minimum atomic E-state index is -0.949. The van der Waals surface area contributed by atoms with E-state index in [1.165, 1.54) is 5.69 Å². The van der Waals surface area contributed by atoms with Gasteiger partial charge in [0.15, 0.2) is 0 Å². The highest BCUT2D eigenvalue weighted by Crippen LogP contribution is 2.38. The van der Waals surface area contributed by atoms with Crippen molar-refractivity contribution in [1.29, 1.82) is 5.26 Å². The number of aliphatic hydroxyl groups is 1. The molecule has 1 aromatic heterocycles. The predicted molar refractivity (Wildman–Crippen MR) is 137 cm³/mol. The molecular formula is C27H34N6O2. The second-order valence-electron chi connectivity index (χ2n) is 9.34. The second-order valence-corrected chi connectivity index (χ2v) is 9.34. The Kier molecular flexibility index (Phi) is 8.13. The van der Waals surface area contributed by atoms with Crippen molar-refractivity contribution in [3.63, 3.8) is 0 Å². The summed E-state index contributed by atoms with van der Waals surface area (Å²) in [6.45, 7) is 9.42. The first kappa shape index (κ1) is 24.9. The van der Waals surface area contributed by atoms with E-state index in [1.54, 1.807) is 6.20 Å². The number of piperazine rings is 1. The van der Waals surface area contributed by atoms with Gasteiger partial charge in [-0.05, 0) is 42.3 Å². The lowest BCUT2D eigenvalue weighted by Crippen LogP contribution is -2.47. The number of hydrogen-bond acceptors (Lipinski definition) is 8. The number of aliphatic hydroxyl groups excluding tert-OH is 1. The number of hydrogen-bond donors (Lipinski definition) is 2. The number of nitrogens with one attached hydrogen (secondary N) is 1. The molecule has 1 saturated heterocycles. The van der Waals surface area contributed by atoms with Crippen molar-refractivity contribution in [1.82, 2.24) is 14.9 Å². The quantitative estimate of drug-likeness (QED) is 0.570. The summed E-state index contributed by atoms with van der Waals surface area (Å²) in [5.74, 6) is 0.298. The van der Waals surface area contributed by atoms with E-state index in [0.29, 0.717) is 24.2 Å². The van der Waals surface area contributed by atoms with E-state index in [-0.39, 0.29) is 6.61 Å². The first-order chi connectivity index (χ1) is 17.0. The van der Waals surface area contributed by atoms with Gasteiger partial charge < -0.3 is 20.1 Å². The highest BCUT2D eigenvalue weighted by Gasteiger charge is 2.41. The van der Waals surface area contributed by atoms with Crippen LogP contribution in [-0.4, -0.2) is 65.9 Å². The maximum absolute atomic E-state index is 9.84. The molecule has 1 aliphatic heterocycles. The van der Waals surface area contributed by atoms with Gasteiger partial charge in [0.2, 0.25) is 5.95 Å². The molecule has 4 rings (SSSR count). The molecule has 2 aliphatic rings. The zero-order chi connectivity index (χ0) is 24.7. The zero-order valence-electron chi connectivity index (χ0n) is 20.5. The van der Waals surface area contributed by atoms with E-state index >= 15 is 0 Å². The molecule has 1 aliphatic carbocycles. The van der Waals surface area contributed by atoms with Gasteiger partial charge >= 0.3 is 0 Å². The molecule has 2 aromatic rings. The molecule has 0 radical (unpaired) electrons. The van der Waals surface area contributed by atoms with Crippen LogP contribution in [0.2, 0.25) is 0 Å². The topological polar surface area (TPSA) is 97.5 Å². The Morgan fingerprint density at radius 2 is 1.94 bits per heavy atom. The lowest BCUT2D eigenvalue weighted by molar-refractivity contribution is -0.0456. The fourth-order valence-corrected chi connectivity index (χ4v) is 4.41. The van der Waals surface area contributed by atoms with Gasteiger partial charge in [-0.15, -0.1) is 0 Å². The number of aromatic nitrogens is 2. The van der Waals surface area contributed by atoms with E-state index in [9.17, 15) is 5.26 Å². The van der Waals surface area contributed by atoms with Gasteiger partial charge in [-0.25, -0.2) is 9.97 Å². The summed E-state index contributed by atoms with van der Waals surface area (Å²) in [4.78, 5) is 13.8. The number of rotatable bonds is 9. The van der Waals surface area contributed by atoms with Crippen molar-refractivity contribution < 1.29 is 9.84 Å². The first-order valence-electron chi connectivity index (χ1n) is 12.2. The largest absolute Gasteiger partial charge is 0.395 e. The average molecular weight is 475 g/mol. The molecular weight excluding hydrogens is 440 g/mol. The molecule has 2 atom stereocenters. The van der Waals surface area contributed by atoms with Crippen LogP contribution in [-0.2, 0) is 10.3 Å². The zero-order valence-corrected chi connectivity index (χ0v) is 20.5. The van der Waals surface area contributed by atoms with E-state index in [4.69, 9.17) is 14.8 Å².